The van der Waals surface area contributed by atoms with Crippen molar-refractivity contribution in [2.24, 2.45) is 11.1 Å². The summed E-state index contributed by atoms with van der Waals surface area (Å²) in [5, 5.41) is 0. The van der Waals surface area contributed by atoms with E-state index in [2.05, 4.69) is 4.72 Å². The van der Waals surface area contributed by atoms with Crippen molar-refractivity contribution in [2.45, 2.75) is 33.2 Å². The second-order valence-electron chi connectivity index (χ2n) is 6.66. The van der Waals surface area contributed by atoms with Crippen LogP contribution >= 0.6 is 0 Å². The Morgan fingerprint density at radius 1 is 1.39 bits per heavy atom. The lowest BCUT2D eigenvalue weighted by atomic mass is 9.79. The highest BCUT2D eigenvalue weighted by Crippen LogP contribution is 2.29. The van der Waals surface area contributed by atoms with Gasteiger partial charge in [-0.25, -0.2) is 8.42 Å². The third-order valence-electron chi connectivity index (χ3n) is 4.40. The predicted octanol–water partition coefficient (Wildman–Crippen LogP) is 1.65. The van der Waals surface area contributed by atoms with E-state index in [9.17, 15) is 13.2 Å². The predicted molar refractivity (Wildman–Crippen MR) is 91.8 cm³/mol. The van der Waals surface area contributed by atoms with E-state index in [1.165, 1.54) is 0 Å². The molecule has 0 radical (unpaired) electrons. The van der Waals surface area contributed by atoms with Crippen LogP contribution in [0.1, 0.15) is 37.6 Å². The number of nitrogens with one attached hydrogen (secondary N) is 1. The second kappa shape index (κ2) is 6.49. The molecule has 1 amide bonds. The number of carbonyl (C=O) groups is 1. The molecule has 0 spiro atoms. The summed E-state index contributed by atoms with van der Waals surface area (Å²) in [5.74, 6) is -0.208. The molecule has 1 aromatic rings. The molecule has 23 heavy (non-hydrogen) atoms. The van der Waals surface area contributed by atoms with E-state index in [0.29, 0.717) is 24.3 Å². The smallest absolute Gasteiger partial charge is 0.256 e. The third kappa shape index (κ3) is 4.03. The van der Waals surface area contributed by atoms with Crippen molar-refractivity contribution in [1.82, 2.24) is 4.90 Å². The standard InChI is InChI=1S/C16H25N3O3S/c1-4-23(21,22)18-13-8-6-5-7-12(13)15(20)19-10-9-14(17)16(2,3)11-19/h5-8,14,18H,4,9-11,17H2,1-3H3. The molecule has 0 saturated carbocycles. The van der Waals surface area contributed by atoms with E-state index in [1.54, 1.807) is 36.1 Å². The largest absolute Gasteiger partial charge is 0.338 e. The summed E-state index contributed by atoms with van der Waals surface area (Å²) in [7, 11) is -3.43. The Kier molecular flexibility index (Phi) is 5.01. The van der Waals surface area contributed by atoms with E-state index < -0.39 is 10.0 Å². The minimum atomic E-state index is -3.43. The maximum atomic E-state index is 12.8. The van der Waals surface area contributed by atoms with E-state index in [0.717, 1.165) is 6.42 Å². The maximum absolute atomic E-state index is 12.8. The van der Waals surface area contributed by atoms with Crippen molar-refractivity contribution >= 4 is 21.6 Å². The van der Waals surface area contributed by atoms with Crippen LogP contribution in [0.25, 0.3) is 0 Å². The van der Waals surface area contributed by atoms with Crippen LogP contribution < -0.4 is 10.5 Å². The molecule has 1 heterocycles. The first-order valence-corrected chi connectivity index (χ1v) is 9.46. The molecule has 0 bridgehead atoms. The Labute approximate surface area is 138 Å². The molecule has 1 saturated heterocycles. The number of carbonyl (C=O) groups excluding carboxylic acids is 1. The summed E-state index contributed by atoms with van der Waals surface area (Å²) < 4.78 is 26.1. The molecule has 1 aliphatic heterocycles. The highest BCUT2D eigenvalue weighted by Gasteiger charge is 2.36. The molecule has 128 valence electrons. The summed E-state index contributed by atoms with van der Waals surface area (Å²) in [6.07, 6.45) is 0.738. The monoisotopic (exact) mass is 339 g/mol. The first-order valence-electron chi connectivity index (χ1n) is 7.80. The van der Waals surface area contributed by atoms with Gasteiger partial charge in [0.25, 0.3) is 5.91 Å². The van der Waals surface area contributed by atoms with Gasteiger partial charge in [-0.15, -0.1) is 0 Å². The third-order valence-corrected chi connectivity index (χ3v) is 5.69. The van der Waals surface area contributed by atoms with Gasteiger partial charge in [0.2, 0.25) is 10.0 Å². The summed E-state index contributed by atoms with van der Waals surface area (Å²) in [5.41, 5.74) is 6.65. The highest BCUT2D eigenvalue weighted by atomic mass is 32.2. The topological polar surface area (TPSA) is 92.5 Å². The summed E-state index contributed by atoms with van der Waals surface area (Å²) in [6, 6.07) is 6.76. The quantitative estimate of drug-likeness (QED) is 0.872. The van der Waals surface area contributed by atoms with Crippen molar-refractivity contribution in [3.8, 4) is 0 Å². The minimum Gasteiger partial charge on any atom is -0.338 e. The number of rotatable bonds is 4. The number of sulfonamides is 1. The Hall–Kier alpha value is -1.60. The van der Waals surface area contributed by atoms with Gasteiger partial charge in [0.15, 0.2) is 0 Å². The van der Waals surface area contributed by atoms with Crippen molar-refractivity contribution in [2.75, 3.05) is 23.6 Å². The van der Waals surface area contributed by atoms with Crippen LogP contribution in [0.4, 0.5) is 5.69 Å². The van der Waals surface area contributed by atoms with Gasteiger partial charge in [-0.3, -0.25) is 9.52 Å². The fourth-order valence-corrected chi connectivity index (χ4v) is 3.37. The number of piperidine rings is 1. The molecule has 3 N–H and O–H groups in total. The number of likely N-dealkylation sites (tertiary alicyclic amines) is 1. The summed E-state index contributed by atoms with van der Waals surface area (Å²) >= 11 is 0. The molecule has 1 aromatic carbocycles. The van der Waals surface area contributed by atoms with Crippen molar-refractivity contribution in [1.29, 1.82) is 0 Å². The molecule has 7 heteroatoms. The number of anilines is 1. The van der Waals surface area contributed by atoms with E-state index in [-0.39, 0.29) is 23.1 Å². The van der Waals surface area contributed by atoms with Gasteiger partial charge >= 0.3 is 0 Å². The van der Waals surface area contributed by atoms with Gasteiger partial charge in [-0.05, 0) is 30.9 Å². The van der Waals surface area contributed by atoms with E-state index in [1.807, 2.05) is 13.8 Å². The van der Waals surface area contributed by atoms with Crippen molar-refractivity contribution < 1.29 is 13.2 Å². The minimum absolute atomic E-state index is 0.0406. The zero-order valence-electron chi connectivity index (χ0n) is 13.9. The molecule has 0 aliphatic carbocycles. The molecular formula is C16H25N3O3S. The zero-order chi connectivity index (χ0) is 17.3. The highest BCUT2D eigenvalue weighted by molar-refractivity contribution is 7.92. The number of nitrogens with two attached hydrogens (primary N) is 1. The molecule has 1 atom stereocenters. The average molecular weight is 339 g/mol. The van der Waals surface area contributed by atoms with Crippen LogP contribution in [0.15, 0.2) is 24.3 Å². The fourth-order valence-electron chi connectivity index (χ4n) is 2.72. The zero-order valence-corrected chi connectivity index (χ0v) is 14.7. The summed E-state index contributed by atoms with van der Waals surface area (Å²) in [4.78, 5) is 14.6. The molecular weight excluding hydrogens is 314 g/mol. The van der Waals surface area contributed by atoms with Crippen LogP contribution in [-0.4, -0.2) is 44.1 Å². The van der Waals surface area contributed by atoms with Gasteiger partial charge in [-0.2, -0.15) is 0 Å². The molecule has 1 fully saturated rings. The first kappa shape index (κ1) is 17.7. The van der Waals surface area contributed by atoms with Crippen LogP contribution in [-0.2, 0) is 10.0 Å². The first-order chi connectivity index (χ1) is 10.7. The van der Waals surface area contributed by atoms with Gasteiger partial charge < -0.3 is 10.6 Å². The van der Waals surface area contributed by atoms with Gasteiger partial charge in [-0.1, -0.05) is 26.0 Å². The maximum Gasteiger partial charge on any atom is 0.256 e. The Morgan fingerprint density at radius 2 is 2.04 bits per heavy atom. The van der Waals surface area contributed by atoms with Crippen molar-refractivity contribution in [3.05, 3.63) is 29.8 Å². The average Bonchev–Trinajstić information content (AvgIpc) is 2.49. The number of hydrogen-bond acceptors (Lipinski definition) is 4. The number of nitrogens with zero attached hydrogens (tertiary/aromatic N) is 1. The van der Waals surface area contributed by atoms with Gasteiger partial charge in [0.1, 0.15) is 0 Å². The Bertz CT molecular complexity index is 686. The number of amides is 1. The SMILES string of the molecule is CCS(=O)(=O)Nc1ccccc1C(=O)N1CCC(N)C(C)(C)C1. The lowest BCUT2D eigenvalue weighted by molar-refractivity contribution is 0.0534. The number of benzene rings is 1. The molecule has 0 aromatic heterocycles. The molecule has 1 unspecified atom stereocenters. The van der Waals surface area contributed by atoms with Gasteiger partial charge in [0.05, 0.1) is 17.0 Å². The number of hydrogen-bond donors (Lipinski definition) is 2. The van der Waals surface area contributed by atoms with Crippen LogP contribution in [0, 0.1) is 5.41 Å². The Morgan fingerprint density at radius 3 is 2.65 bits per heavy atom. The lowest BCUT2D eigenvalue weighted by Gasteiger charge is -2.42. The molecule has 2 rings (SSSR count). The Balaban J connectivity index is 2.27. The van der Waals surface area contributed by atoms with Crippen LogP contribution in [0.5, 0.6) is 0 Å². The van der Waals surface area contributed by atoms with Crippen LogP contribution in [0.2, 0.25) is 0 Å². The van der Waals surface area contributed by atoms with E-state index in [4.69, 9.17) is 5.73 Å². The normalized spacial score (nSPS) is 21.0. The number of para-hydroxylation sites is 1. The molecule has 1 aliphatic rings. The van der Waals surface area contributed by atoms with E-state index >= 15 is 0 Å². The summed E-state index contributed by atoms with van der Waals surface area (Å²) in [6.45, 7) is 6.78. The molecule has 6 nitrogen and oxygen atoms in total. The lowest BCUT2D eigenvalue weighted by Crippen LogP contribution is -2.54. The van der Waals surface area contributed by atoms with Crippen LogP contribution in [0.3, 0.4) is 0 Å². The second-order valence-corrected chi connectivity index (χ2v) is 8.67. The van der Waals surface area contributed by atoms with Gasteiger partial charge in [0, 0.05) is 19.1 Å². The van der Waals surface area contributed by atoms with Crippen molar-refractivity contribution in [3.63, 3.8) is 0 Å². The fraction of sp³-hybridized carbons (Fsp3) is 0.562.